The Kier molecular flexibility index (Phi) is 6.15. The largest absolute Gasteiger partial charge is 0.618 e. The van der Waals surface area contributed by atoms with Crippen LogP contribution in [0.4, 0.5) is 0 Å². The van der Waals surface area contributed by atoms with E-state index >= 15 is 0 Å². The van der Waals surface area contributed by atoms with E-state index in [0.717, 1.165) is 15.9 Å². The van der Waals surface area contributed by atoms with Crippen LogP contribution in [-0.2, 0) is 4.79 Å². The van der Waals surface area contributed by atoms with Gasteiger partial charge in [0.25, 0.3) is 5.03 Å². The molecule has 0 spiro atoms. The fourth-order valence-electron chi connectivity index (χ4n) is 2.53. The van der Waals surface area contributed by atoms with Crippen LogP contribution in [-0.4, -0.2) is 11.7 Å². The van der Waals surface area contributed by atoms with Crippen LogP contribution >= 0.6 is 23.4 Å². The molecule has 1 N–H and O–H groups in total. The van der Waals surface area contributed by atoms with Gasteiger partial charge in [0.1, 0.15) is 0 Å². The van der Waals surface area contributed by atoms with Crippen LogP contribution in [0.5, 0.6) is 0 Å². The third-order valence-corrected chi connectivity index (χ3v) is 5.05. The van der Waals surface area contributed by atoms with Crippen molar-refractivity contribution < 1.29 is 9.52 Å². The summed E-state index contributed by atoms with van der Waals surface area (Å²) in [7, 11) is 0. The number of thioether (sulfide) groups is 1. The molecule has 26 heavy (non-hydrogen) atoms. The maximum absolute atomic E-state index is 12.5. The number of carbonyl (C=O) groups is 1. The van der Waals surface area contributed by atoms with Gasteiger partial charge in [-0.15, -0.1) is 0 Å². The average molecular weight is 385 g/mol. The van der Waals surface area contributed by atoms with Gasteiger partial charge in [0.05, 0.1) is 11.8 Å². The Morgan fingerprint density at radius 3 is 2.35 bits per heavy atom. The van der Waals surface area contributed by atoms with Gasteiger partial charge in [-0.1, -0.05) is 54.1 Å². The second-order valence-corrected chi connectivity index (χ2v) is 7.05. The van der Waals surface area contributed by atoms with E-state index in [1.54, 1.807) is 30.3 Å². The van der Waals surface area contributed by atoms with Crippen LogP contribution in [0.25, 0.3) is 0 Å². The molecule has 0 saturated carbocycles. The molecule has 1 amide bonds. The highest BCUT2D eigenvalue weighted by molar-refractivity contribution is 7.99. The number of nitrogens with zero attached hydrogens (tertiary/aromatic N) is 1. The molecular weight excluding hydrogens is 368 g/mol. The number of carbonyl (C=O) groups excluding carboxylic acids is 1. The second-order valence-electron chi connectivity index (χ2n) is 5.62. The maximum atomic E-state index is 12.5. The number of pyridine rings is 1. The first kappa shape index (κ1) is 18.3. The van der Waals surface area contributed by atoms with Crippen LogP contribution < -0.4 is 10.0 Å². The topological polar surface area (TPSA) is 56.0 Å². The summed E-state index contributed by atoms with van der Waals surface area (Å²) in [6.07, 6.45) is 1.42. The summed E-state index contributed by atoms with van der Waals surface area (Å²) in [5, 5.41) is 15.9. The minimum absolute atomic E-state index is 0.150. The Balaban J connectivity index is 1.74. The van der Waals surface area contributed by atoms with Crippen LogP contribution in [0.3, 0.4) is 0 Å². The fraction of sp³-hybridized carbons (Fsp3) is 0.100. The molecule has 4 nitrogen and oxygen atoms in total. The van der Waals surface area contributed by atoms with Gasteiger partial charge >= 0.3 is 0 Å². The summed E-state index contributed by atoms with van der Waals surface area (Å²) < 4.78 is 0.756. The Hall–Kier alpha value is -2.50. The lowest BCUT2D eigenvalue weighted by Crippen LogP contribution is -2.32. The molecule has 1 aromatic heterocycles. The molecular formula is C20H17ClN2O2S. The molecule has 0 fully saturated rings. The lowest BCUT2D eigenvalue weighted by atomic mass is 9.99. The van der Waals surface area contributed by atoms with Crippen LogP contribution in [0.1, 0.15) is 17.2 Å². The average Bonchev–Trinajstić information content (AvgIpc) is 2.67. The summed E-state index contributed by atoms with van der Waals surface area (Å²) in [6.45, 7) is 0. The predicted octanol–water partition coefficient (Wildman–Crippen LogP) is 3.97. The van der Waals surface area contributed by atoms with E-state index < -0.39 is 0 Å². The summed E-state index contributed by atoms with van der Waals surface area (Å²) in [6, 6.07) is 22.0. The van der Waals surface area contributed by atoms with Crippen LogP contribution in [0.15, 0.2) is 84.0 Å². The van der Waals surface area contributed by atoms with E-state index in [1.165, 1.54) is 18.0 Å². The van der Waals surface area contributed by atoms with Crippen molar-refractivity contribution in [1.82, 2.24) is 5.32 Å². The standard InChI is InChI=1S/C20H17ClN2O2S/c21-17-11-9-16(10-12-17)20(15-6-2-1-3-7-15)22-18(24)14-26-19-8-4-5-13-23(19)25/h1-13,20H,14H2,(H,22,24). The van der Waals surface area contributed by atoms with E-state index in [2.05, 4.69) is 5.32 Å². The van der Waals surface area contributed by atoms with Gasteiger partial charge in [-0.25, -0.2) is 0 Å². The van der Waals surface area contributed by atoms with Gasteiger partial charge in [-0.3, -0.25) is 4.79 Å². The highest BCUT2D eigenvalue weighted by Crippen LogP contribution is 2.24. The first-order valence-corrected chi connectivity index (χ1v) is 9.40. The summed E-state index contributed by atoms with van der Waals surface area (Å²) >= 11 is 7.19. The predicted molar refractivity (Wildman–Crippen MR) is 104 cm³/mol. The van der Waals surface area contributed by atoms with Crippen LogP contribution in [0.2, 0.25) is 5.02 Å². The molecule has 3 rings (SSSR count). The lowest BCUT2D eigenvalue weighted by molar-refractivity contribution is -0.645. The second kappa shape index (κ2) is 8.74. The molecule has 3 aromatic rings. The van der Waals surface area contributed by atoms with Crippen molar-refractivity contribution in [2.45, 2.75) is 11.1 Å². The highest BCUT2D eigenvalue weighted by Gasteiger charge is 2.18. The smallest absolute Gasteiger partial charge is 0.251 e. The van der Waals surface area contributed by atoms with Gasteiger partial charge < -0.3 is 10.5 Å². The lowest BCUT2D eigenvalue weighted by Gasteiger charge is -2.20. The Bertz CT molecular complexity index is 872. The molecule has 2 aromatic carbocycles. The zero-order valence-electron chi connectivity index (χ0n) is 13.8. The quantitative estimate of drug-likeness (QED) is 0.397. The van der Waals surface area contributed by atoms with Gasteiger partial charge in [-0.05, 0) is 41.1 Å². The minimum atomic E-state index is -0.281. The first-order chi connectivity index (χ1) is 12.6. The molecule has 0 bridgehead atoms. The normalized spacial score (nSPS) is 11.7. The molecule has 1 atom stereocenters. The molecule has 1 unspecified atom stereocenters. The van der Waals surface area contributed by atoms with Crippen molar-refractivity contribution >= 4 is 29.3 Å². The SMILES string of the molecule is O=C(CSc1cccc[n+]1[O-])NC(c1ccccc1)c1ccc(Cl)cc1. The van der Waals surface area contributed by atoms with E-state index in [0.29, 0.717) is 10.0 Å². The summed E-state index contributed by atoms with van der Waals surface area (Å²) in [5.74, 6) is 0.00561. The summed E-state index contributed by atoms with van der Waals surface area (Å²) in [4.78, 5) is 12.5. The number of hydrogen-bond acceptors (Lipinski definition) is 3. The summed E-state index contributed by atoms with van der Waals surface area (Å²) in [5.41, 5.74) is 1.92. The maximum Gasteiger partial charge on any atom is 0.251 e. The zero-order valence-corrected chi connectivity index (χ0v) is 15.4. The van der Waals surface area contributed by atoms with Gasteiger partial charge in [-0.2, -0.15) is 4.73 Å². The monoisotopic (exact) mass is 384 g/mol. The Morgan fingerprint density at radius 2 is 1.65 bits per heavy atom. The number of amides is 1. The van der Waals surface area contributed by atoms with Crippen molar-refractivity contribution in [2.75, 3.05) is 5.75 Å². The third-order valence-electron chi connectivity index (χ3n) is 3.78. The number of benzene rings is 2. The Labute approximate surface area is 161 Å². The molecule has 0 aliphatic heterocycles. The molecule has 0 radical (unpaired) electrons. The molecule has 0 aliphatic rings. The molecule has 132 valence electrons. The highest BCUT2D eigenvalue weighted by atomic mass is 35.5. The van der Waals surface area contributed by atoms with Crippen molar-refractivity contribution in [3.8, 4) is 0 Å². The minimum Gasteiger partial charge on any atom is -0.618 e. The molecule has 6 heteroatoms. The van der Waals surface area contributed by atoms with E-state index in [9.17, 15) is 10.0 Å². The van der Waals surface area contributed by atoms with E-state index in [-0.39, 0.29) is 17.7 Å². The number of hydrogen-bond donors (Lipinski definition) is 1. The number of halogens is 1. The van der Waals surface area contributed by atoms with Crippen molar-refractivity contribution in [3.63, 3.8) is 0 Å². The van der Waals surface area contributed by atoms with Gasteiger partial charge in [0.15, 0.2) is 6.20 Å². The molecule has 1 heterocycles. The Morgan fingerprint density at radius 1 is 1.00 bits per heavy atom. The number of nitrogens with one attached hydrogen (secondary N) is 1. The van der Waals surface area contributed by atoms with E-state index in [1.807, 2.05) is 42.5 Å². The van der Waals surface area contributed by atoms with Crippen molar-refractivity contribution in [1.29, 1.82) is 0 Å². The third kappa shape index (κ3) is 4.77. The fourth-order valence-corrected chi connectivity index (χ4v) is 3.38. The van der Waals surface area contributed by atoms with Crippen molar-refractivity contribution in [3.05, 3.63) is 100 Å². The number of aromatic nitrogens is 1. The van der Waals surface area contributed by atoms with Crippen molar-refractivity contribution in [2.24, 2.45) is 0 Å². The van der Waals surface area contributed by atoms with E-state index in [4.69, 9.17) is 11.6 Å². The number of rotatable bonds is 6. The molecule has 0 saturated heterocycles. The van der Waals surface area contributed by atoms with Crippen LogP contribution in [0, 0.1) is 5.21 Å². The van der Waals surface area contributed by atoms with Gasteiger partial charge in [0, 0.05) is 17.2 Å². The first-order valence-electron chi connectivity index (χ1n) is 8.04. The molecule has 0 aliphatic carbocycles. The zero-order chi connectivity index (χ0) is 18.4. The van der Waals surface area contributed by atoms with Gasteiger partial charge in [0.2, 0.25) is 5.91 Å².